The van der Waals surface area contributed by atoms with Crippen LogP contribution < -0.4 is 10.7 Å². The third kappa shape index (κ3) is 9.45. The molecule has 3 N–H and O–H groups in total. The molecule has 4 amide bonds. The lowest BCUT2D eigenvalue weighted by molar-refractivity contribution is -0.189. The highest BCUT2D eigenvalue weighted by atomic mass is 32.1. The number of ether oxygens (including phenoxy) is 3. The zero-order valence-corrected chi connectivity index (χ0v) is 40.3. The third-order valence-electron chi connectivity index (χ3n) is 13.6. The van der Waals surface area contributed by atoms with E-state index in [9.17, 15) is 24.3 Å². The van der Waals surface area contributed by atoms with Gasteiger partial charge in [-0.3, -0.25) is 24.5 Å². The van der Waals surface area contributed by atoms with Crippen LogP contribution in [0.25, 0.3) is 33.4 Å². The number of nitrogens with zero attached hydrogens (tertiary/aromatic N) is 7. The Kier molecular flexibility index (Phi) is 13.9. The fraction of sp³-hybridized carbons (Fsp3) is 0.583. The largest absolute Gasteiger partial charge is 0.462 e. The summed E-state index contributed by atoms with van der Waals surface area (Å²) in [4.78, 5) is 72.7. The standard InChI is InChI=1S/C48H65N9O8S/c1-9-56-38-14-13-31-22-34(38)35(42(56)33-12-10-16-49-40(33)30(4)63-8)24-47(5,6)28-65-45(60)48(62)15-11-17-57(52-48)44(59)36(23-39-50-37(31)27-66-39)51-43(58)41(29(2)3)53(7)46(61)55-19-18-54-20-21-64-26-32(54)25-55/h10,12-14,16,22,27,29-30,32,36,41,52,62H,9,11,15,17-21,23-26,28H2,1-8H3,(H,51,58)/t30-,32?,36-,41-,48-/m0/s1. The van der Waals surface area contributed by atoms with Crippen LogP contribution in [0.5, 0.6) is 0 Å². The lowest BCUT2D eigenvalue weighted by Gasteiger charge is -2.45. The first-order chi connectivity index (χ1) is 31.5. The molecule has 4 aromatic rings. The number of benzene rings is 1. The van der Waals surface area contributed by atoms with Crippen LogP contribution in [0.15, 0.2) is 41.9 Å². The quantitative estimate of drug-likeness (QED) is 0.209. The van der Waals surface area contributed by atoms with Crippen molar-refractivity contribution in [1.82, 2.24) is 45.0 Å². The second kappa shape index (κ2) is 19.3. The number of morpholine rings is 1. The van der Waals surface area contributed by atoms with Gasteiger partial charge in [0.1, 0.15) is 12.1 Å². The minimum atomic E-state index is -2.21. The van der Waals surface area contributed by atoms with Crippen molar-refractivity contribution in [3.05, 3.63) is 58.2 Å². The highest BCUT2D eigenvalue weighted by Gasteiger charge is 2.46. The van der Waals surface area contributed by atoms with Crippen molar-refractivity contribution in [3.63, 3.8) is 0 Å². The monoisotopic (exact) mass is 927 g/mol. The summed E-state index contributed by atoms with van der Waals surface area (Å²) in [6, 6.07) is 8.03. The van der Waals surface area contributed by atoms with Crippen LogP contribution in [-0.4, -0.2) is 154 Å². The van der Waals surface area contributed by atoms with Gasteiger partial charge in [0.15, 0.2) is 0 Å². The predicted octanol–water partition coefficient (Wildman–Crippen LogP) is 4.62. The molecule has 0 saturated carbocycles. The van der Waals surface area contributed by atoms with Crippen LogP contribution >= 0.6 is 11.3 Å². The molecule has 5 atom stereocenters. The SMILES string of the molecule is CCn1c(-c2cccnc2[C@H](C)OC)c2c3cc(ccc31)-c1csc(n1)C[C@H](NC(=O)[C@H](C(C)C)N(C)C(=O)N1CCN3CCOCC3C1)C(=O)N1CCC[C@@](O)(N1)C(=O)OCC(C)(C)C2. The molecule has 4 aliphatic rings. The molecule has 8 rings (SSSR count). The number of cyclic esters (lactones) is 1. The first-order valence-electron chi connectivity index (χ1n) is 23.2. The third-order valence-corrected chi connectivity index (χ3v) is 14.4. The number of pyridine rings is 1. The molecule has 356 valence electrons. The molecule has 17 nitrogen and oxygen atoms in total. The summed E-state index contributed by atoms with van der Waals surface area (Å²) in [6.07, 6.45) is 2.30. The number of aliphatic hydroxyl groups is 1. The number of hydrazine groups is 1. The number of thiazole rings is 1. The number of carbonyl (C=O) groups excluding carboxylic acids is 4. The highest BCUT2D eigenvalue weighted by Crippen LogP contribution is 2.42. The van der Waals surface area contributed by atoms with E-state index in [1.165, 1.54) is 21.2 Å². The molecule has 0 aliphatic carbocycles. The van der Waals surface area contributed by atoms with Gasteiger partial charge in [0.25, 0.3) is 5.91 Å². The second-order valence-corrected chi connectivity index (χ2v) is 20.2. The molecule has 66 heavy (non-hydrogen) atoms. The summed E-state index contributed by atoms with van der Waals surface area (Å²) < 4.78 is 19.8. The van der Waals surface area contributed by atoms with Crippen LogP contribution in [0.4, 0.5) is 4.79 Å². The van der Waals surface area contributed by atoms with E-state index in [-0.39, 0.29) is 56.5 Å². The van der Waals surface area contributed by atoms with Crippen molar-refractivity contribution in [2.45, 2.75) is 104 Å². The maximum absolute atomic E-state index is 14.7. The normalized spacial score (nSPS) is 23.8. The molecule has 3 fully saturated rings. The zero-order chi connectivity index (χ0) is 47.1. The number of esters is 1. The Balaban J connectivity index is 1.16. The van der Waals surface area contributed by atoms with Gasteiger partial charge in [0.05, 0.1) is 54.1 Å². The molecule has 6 bridgehead atoms. The number of amides is 4. The first-order valence-corrected chi connectivity index (χ1v) is 24.1. The number of aryl methyl sites for hydroxylation is 1. The van der Waals surface area contributed by atoms with Crippen LogP contribution in [0.3, 0.4) is 0 Å². The van der Waals surface area contributed by atoms with Crippen LogP contribution in [0, 0.1) is 11.3 Å². The average Bonchev–Trinajstić information content (AvgIpc) is 3.90. The molecule has 7 heterocycles. The Morgan fingerprint density at radius 3 is 2.70 bits per heavy atom. The second-order valence-electron chi connectivity index (χ2n) is 19.3. The lowest BCUT2D eigenvalue weighted by atomic mass is 9.84. The van der Waals surface area contributed by atoms with Crippen LogP contribution in [0.1, 0.15) is 76.8 Å². The van der Waals surface area contributed by atoms with E-state index in [1.54, 1.807) is 25.3 Å². The van der Waals surface area contributed by atoms with Gasteiger partial charge < -0.3 is 39.0 Å². The van der Waals surface area contributed by atoms with Crippen molar-refractivity contribution in [3.8, 4) is 22.5 Å². The number of hydrogen-bond acceptors (Lipinski definition) is 13. The summed E-state index contributed by atoms with van der Waals surface area (Å²) >= 11 is 1.38. The van der Waals surface area contributed by atoms with E-state index in [0.29, 0.717) is 44.3 Å². The van der Waals surface area contributed by atoms with Crippen LogP contribution in [-0.2, 0) is 48.0 Å². The van der Waals surface area contributed by atoms with E-state index < -0.39 is 41.0 Å². The molecule has 18 heteroatoms. The predicted molar refractivity (Wildman–Crippen MR) is 250 cm³/mol. The first kappa shape index (κ1) is 47.5. The Bertz CT molecular complexity index is 2450. The Morgan fingerprint density at radius 2 is 1.94 bits per heavy atom. The van der Waals surface area contributed by atoms with Crippen LogP contribution in [0.2, 0.25) is 0 Å². The number of likely N-dealkylation sites (N-methyl/N-ethyl adjacent to an activating group) is 1. The van der Waals surface area contributed by atoms with Gasteiger partial charge in [-0.05, 0) is 62.4 Å². The summed E-state index contributed by atoms with van der Waals surface area (Å²) in [5, 5.41) is 19.6. The number of aromatic nitrogens is 3. The van der Waals surface area contributed by atoms with Gasteiger partial charge in [-0.2, -0.15) is 5.43 Å². The minimum Gasteiger partial charge on any atom is -0.462 e. The summed E-state index contributed by atoms with van der Waals surface area (Å²) in [5.41, 5.74) is 6.37. The van der Waals surface area contributed by atoms with E-state index in [2.05, 4.69) is 51.4 Å². The number of carbonyl (C=O) groups is 4. The number of piperazine rings is 1. The Hall–Kier alpha value is -4.98. The van der Waals surface area contributed by atoms with E-state index in [1.807, 2.05) is 46.1 Å². The molecule has 0 radical (unpaired) electrons. The number of hydrogen-bond donors (Lipinski definition) is 3. The topological polar surface area (TPSA) is 184 Å². The lowest BCUT2D eigenvalue weighted by Crippen LogP contribution is -2.67. The van der Waals surface area contributed by atoms with Gasteiger partial charge in [-0.15, -0.1) is 11.3 Å². The molecular formula is C48H65N9O8S. The fourth-order valence-electron chi connectivity index (χ4n) is 10.0. The summed E-state index contributed by atoms with van der Waals surface area (Å²) in [7, 11) is 3.30. The number of urea groups is 1. The maximum Gasteiger partial charge on any atom is 0.355 e. The molecule has 4 aliphatic heterocycles. The van der Waals surface area contributed by atoms with E-state index in [4.69, 9.17) is 24.2 Å². The van der Waals surface area contributed by atoms with Crippen molar-refractivity contribution in [2.75, 3.05) is 66.7 Å². The van der Waals surface area contributed by atoms with Crippen molar-refractivity contribution in [1.29, 1.82) is 0 Å². The summed E-state index contributed by atoms with van der Waals surface area (Å²) in [5.74, 6) is -2.28. The Morgan fingerprint density at radius 1 is 1.14 bits per heavy atom. The van der Waals surface area contributed by atoms with Crippen molar-refractivity contribution >= 4 is 46.1 Å². The van der Waals surface area contributed by atoms with Crippen molar-refractivity contribution in [2.24, 2.45) is 11.3 Å². The zero-order valence-electron chi connectivity index (χ0n) is 39.5. The smallest absolute Gasteiger partial charge is 0.355 e. The van der Waals surface area contributed by atoms with Gasteiger partial charge >= 0.3 is 12.0 Å². The Labute approximate surface area is 390 Å². The number of fused-ring (bicyclic) bond motifs is 7. The minimum absolute atomic E-state index is 0.00482. The highest BCUT2D eigenvalue weighted by molar-refractivity contribution is 7.10. The fourth-order valence-corrected chi connectivity index (χ4v) is 10.9. The van der Waals surface area contributed by atoms with Gasteiger partial charge in [-0.25, -0.2) is 14.6 Å². The summed E-state index contributed by atoms with van der Waals surface area (Å²) in [6.45, 7) is 16.5. The molecule has 3 saturated heterocycles. The number of rotatable bonds is 8. The van der Waals surface area contributed by atoms with Gasteiger partial charge in [0, 0.05) is 105 Å². The molecule has 0 spiro atoms. The molecule has 3 aromatic heterocycles. The van der Waals surface area contributed by atoms with Crippen molar-refractivity contribution < 1.29 is 38.5 Å². The molecule has 1 aromatic carbocycles. The van der Waals surface area contributed by atoms with E-state index in [0.717, 1.165) is 57.8 Å². The number of nitrogens with one attached hydrogen (secondary N) is 2. The van der Waals surface area contributed by atoms with E-state index >= 15 is 0 Å². The average molecular weight is 928 g/mol. The van der Waals surface area contributed by atoms with Gasteiger partial charge in [-0.1, -0.05) is 33.8 Å². The molecule has 1 unspecified atom stereocenters. The number of methoxy groups -OCH3 is 1. The molecular weight excluding hydrogens is 863 g/mol. The maximum atomic E-state index is 14.7. The van der Waals surface area contributed by atoms with Gasteiger partial charge in [0.2, 0.25) is 11.6 Å².